The number of nitrogens with zero attached hydrogens (tertiary/aromatic N) is 2. The number of hydrogen-bond acceptors (Lipinski definition) is 21. The van der Waals surface area contributed by atoms with Crippen LogP contribution in [-0.4, -0.2) is 191 Å². The number of hydroxylamine groups is 1. The molecule has 1 saturated heterocycles. The van der Waals surface area contributed by atoms with Gasteiger partial charge in [0.25, 0.3) is 5.91 Å². The smallest absolute Gasteiger partial charge is 0.431 e. The molecule has 2 aromatic carbocycles. The van der Waals surface area contributed by atoms with E-state index in [1.54, 1.807) is 113 Å². The Morgan fingerprint density at radius 1 is 0.779 bits per heavy atom. The Kier molecular flexibility index (Phi) is 28.4. The van der Waals surface area contributed by atoms with Crippen LogP contribution in [0.15, 0.2) is 60.2 Å². The van der Waals surface area contributed by atoms with Crippen molar-refractivity contribution >= 4 is 53.8 Å². The highest BCUT2D eigenvalue weighted by atomic mass is 16.7. The molecule has 0 aliphatic carbocycles. The summed E-state index contributed by atoms with van der Waals surface area (Å²) in [5.74, 6) is -5.79. The Morgan fingerprint density at radius 3 is 1.95 bits per heavy atom. The molecule has 480 valence electrons. The molecule has 1 heterocycles. The van der Waals surface area contributed by atoms with Crippen LogP contribution in [0.1, 0.15) is 118 Å². The van der Waals surface area contributed by atoms with Gasteiger partial charge >= 0.3 is 36.1 Å². The number of aliphatic hydroxyl groups excluding tert-OH is 1. The third kappa shape index (κ3) is 22.2. The number of rotatable bonds is 29. The first-order chi connectivity index (χ1) is 40.2. The summed E-state index contributed by atoms with van der Waals surface area (Å²) in [5, 5.41) is 17.2. The van der Waals surface area contributed by atoms with Crippen molar-refractivity contribution in [3.8, 4) is 5.75 Å². The molecule has 0 radical (unpaired) electrons. The molecule has 1 fully saturated rings. The second kappa shape index (κ2) is 33.5. The molecule has 26 heteroatoms. The van der Waals surface area contributed by atoms with Gasteiger partial charge < -0.3 is 68.0 Å². The quantitative estimate of drug-likeness (QED) is 0.0278. The number of ether oxygens (including phenoxy) is 10. The first-order valence-electron chi connectivity index (χ1n) is 28.1. The number of carbonyl (C=O) groups is 9. The Balaban J connectivity index is 1.97. The van der Waals surface area contributed by atoms with Crippen LogP contribution in [0.25, 0.3) is 0 Å². The summed E-state index contributed by atoms with van der Waals surface area (Å²) in [5.41, 5.74) is 0.395. The van der Waals surface area contributed by atoms with E-state index < -0.39 is 126 Å². The van der Waals surface area contributed by atoms with Crippen LogP contribution >= 0.6 is 0 Å². The SMILES string of the molecule is CCOC(=O)/C(C)=C/[C@H](C(C)C)N(C)C(=O)[C@@H](NC(=O)[C@@H](N(C)C(=O)OCc1ccc(O[C@@H]2O[C@H](C(=O)OC)[C@@H](OC(C)=O)[C@H](OC(C)=O)[C@H]2O)c(C(=O)NCCOCCOCCONC(=O)OC(C)(C)C)c1)C(C)(C)c1ccccc1)C(C)(C)C. The highest BCUT2D eigenvalue weighted by Crippen LogP contribution is 2.34. The van der Waals surface area contributed by atoms with E-state index in [9.17, 15) is 43.5 Å². The summed E-state index contributed by atoms with van der Waals surface area (Å²) in [7, 11) is 4.00. The number of carbonyl (C=O) groups excluding carboxylic acids is 9. The fraction of sp³-hybridized carbons (Fsp3) is 0.617. The second-order valence-electron chi connectivity index (χ2n) is 23.2. The number of aliphatic hydroxyl groups is 1. The predicted octanol–water partition coefficient (Wildman–Crippen LogP) is 4.85. The molecule has 0 aromatic heterocycles. The van der Waals surface area contributed by atoms with Crippen LogP contribution in [0.2, 0.25) is 0 Å². The van der Waals surface area contributed by atoms with E-state index in [1.165, 1.54) is 30.1 Å². The second-order valence-corrected chi connectivity index (χ2v) is 23.2. The summed E-state index contributed by atoms with van der Waals surface area (Å²) in [4.78, 5) is 128. The molecule has 1 aliphatic rings. The maximum atomic E-state index is 15.0. The van der Waals surface area contributed by atoms with Gasteiger partial charge in [-0.1, -0.05) is 90.9 Å². The van der Waals surface area contributed by atoms with Crippen molar-refractivity contribution in [2.75, 3.05) is 67.4 Å². The molecule has 0 bridgehead atoms. The van der Waals surface area contributed by atoms with Crippen LogP contribution in [0.5, 0.6) is 5.75 Å². The molecular weight excluding hydrogens is 1130 g/mol. The van der Waals surface area contributed by atoms with Crippen molar-refractivity contribution < 1.29 is 100 Å². The fourth-order valence-electron chi connectivity index (χ4n) is 9.02. The minimum atomic E-state index is -1.94. The summed E-state index contributed by atoms with van der Waals surface area (Å²) >= 11 is 0. The normalized spacial score (nSPS) is 18.2. The highest BCUT2D eigenvalue weighted by molar-refractivity contribution is 5.97. The van der Waals surface area contributed by atoms with E-state index in [0.717, 1.165) is 25.9 Å². The Bertz CT molecular complexity index is 2650. The number of methoxy groups -OCH3 is 1. The molecular formula is C60H89N5O21. The minimum Gasteiger partial charge on any atom is -0.467 e. The Hall–Kier alpha value is -7.39. The van der Waals surface area contributed by atoms with E-state index in [2.05, 4.69) is 16.1 Å². The van der Waals surface area contributed by atoms with Crippen LogP contribution in [-0.2, 0) is 88.3 Å². The lowest BCUT2D eigenvalue weighted by atomic mass is 9.76. The van der Waals surface area contributed by atoms with Crippen LogP contribution in [0.4, 0.5) is 9.59 Å². The number of amides is 5. The molecule has 3 rings (SSSR count). The molecule has 8 atom stereocenters. The van der Waals surface area contributed by atoms with E-state index in [0.29, 0.717) is 11.1 Å². The van der Waals surface area contributed by atoms with Crippen LogP contribution < -0.4 is 20.9 Å². The zero-order valence-electron chi connectivity index (χ0n) is 52.6. The van der Waals surface area contributed by atoms with Crippen molar-refractivity contribution in [1.29, 1.82) is 0 Å². The summed E-state index contributed by atoms with van der Waals surface area (Å²) in [6.07, 6.45) is -9.11. The van der Waals surface area contributed by atoms with Gasteiger partial charge in [0.2, 0.25) is 18.1 Å². The number of likely N-dealkylation sites (N-methyl/N-ethyl adjacent to an activating group) is 2. The van der Waals surface area contributed by atoms with E-state index in [1.807, 2.05) is 13.8 Å². The van der Waals surface area contributed by atoms with Crippen molar-refractivity contribution in [1.82, 2.24) is 25.9 Å². The molecule has 0 spiro atoms. The van der Waals surface area contributed by atoms with E-state index in [4.69, 9.17) is 52.2 Å². The van der Waals surface area contributed by atoms with Crippen LogP contribution in [0.3, 0.4) is 0 Å². The zero-order valence-corrected chi connectivity index (χ0v) is 52.6. The minimum absolute atomic E-state index is 0.0133. The lowest BCUT2D eigenvalue weighted by Gasteiger charge is -2.42. The van der Waals surface area contributed by atoms with Gasteiger partial charge in [-0.3, -0.25) is 33.7 Å². The average molecular weight is 1220 g/mol. The van der Waals surface area contributed by atoms with Crippen molar-refractivity contribution in [2.24, 2.45) is 11.3 Å². The van der Waals surface area contributed by atoms with Gasteiger partial charge in [-0.05, 0) is 69.2 Å². The molecule has 0 saturated carbocycles. The molecule has 86 heavy (non-hydrogen) atoms. The average Bonchev–Trinajstić information content (AvgIpc) is 0.999. The predicted molar refractivity (Wildman–Crippen MR) is 309 cm³/mol. The number of benzene rings is 2. The maximum absolute atomic E-state index is 15.0. The van der Waals surface area contributed by atoms with Crippen molar-refractivity contribution in [2.45, 2.75) is 163 Å². The molecule has 4 N–H and O–H groups in total. The van der Waals surface area contributed by atoms with E-state index in [-0.39, 0.29) is 69.0 Å². The number of nitrogens with one attached hydrogen (secondary N) is 3. The monoisotopic (exact) mass is 1220 g/mol. The number of esters is 4. The lowest BCUT2D eigenvalue weighted by Crippen LogP contribution is -2.63. The van der Waals surface area contributed by atoms with Gasteiger partial charge in [0.05, 0.1) is 58.4 Å². The van der Waals surface area contributed by atoms with Gasteiger partial charge in [-0.25, -0.2) is 19.2 Å². The van der Waals surface area contributed by atoms with Gasteiger partial charge in [-0.2, -0.15) is 5.48 Å². The lowest BCUT2D eigenvalue weighted by molar-refractivity contribution is -0.278. The first-order valence-corrected chi connectivity index (χ1v) is 28.1. The summed E-state index contributed by atoms with van der Waals surface area (Å²) < 4.78 is 54.6. The van der Waals surface area contributed by atoms with E-state index >= 15 is 4.79 Å². The molecule has 2 aromatic rings. The van der Waals surface area contributed by atoms with Crippen molar-refractivity contribution in [3.63, 3.8) is 0 Å². The zero-order chi connectivity index (χ0) is 64.9. The largest absolute Gasteiger partial charge is 0.467 e. The summed E-state index contributed by atoms with van der Waals surface area (Å²) in [6, 6.07) is 9.95. The molecule has 1 aliphatic heterocycles. The molecule has 26 nitrogen and oxygen atoms in total. The van der Waals surface area contributed by atoms with Crippen LogP contribution in [0, 0.1) is 11.3 Å². The standard InChI is InChI=1S/C60H89N5O21/c1-18-79-53(72)36(4)32-42(35(2)3)64(15)52(71)48(58(7,8)9)62-51(70)49(60(13,14)40-22-20-19-21-23-40)65(16)57(75)80-34-39-24-25-43(84-55-44(68)45(82-37(5)66)46(83-38(6)67)47(85-55)54(73)76-17)41(33-39)50(69)61-26-27-77-28-29-78-30-31-81-63-56(74)86-59(10,11)12/h19-25,32-33,35,42,44-49,55,68H,18,26-31,34H2,1-17H3,(H,61,69)(H,62,70)(H,63,74)/b36-32+/t42-,44-,45-,46+,47+,48-,49-,55-/m1/s1. The fourth-order valence-corrected chi connectivity index (χ4v) is 9.02. The van der Waals surface area contributed by atoms with Gasteiger partial charge in [0.1, 0.15) is 30.0 Å². The third-order valence-corrected chi connectivity index (χ3v) is 13.3. The number of hydrogen-bond donors (Lipinski definition) is 4. The van der Waals surface area contributed by atoms with Crippen molar-refractivity contribution in [3.05, 3.63) is 76.9 Å². The molecule has 5 amide bonds. The highest BCUT2D eigenvalue weighted by Gasteiger charge is 2.54. The Morgan fingerprint density at radius 2 is 1.38 bits per heavy atom. The molecule has 0 unspecified atom stereocenters. The Labute approximate surface area is 503 Å². The maximum Gasteiger partial charge on any atom is 0.431 e. The topological polar surface area (TPSA) is 318 Å². The van der Waals surface area contributed by atoms with Gasteiger partial charge in [0, 0.05) is 45.5 Å². The first kappa shape index (κ1) is 72.9. The third-order valence-electron chi connectivity index (χ3n) is 13.3. The summed E-state index contributed by atoms with van der Waals surface area (Å²) in [6.45, 7) is 23.1. The van der Waals surface area contributed by atoms with Gasteiger partial charge in [0.15, 0.2) is 24.4 Å². The van der Waals surface area contributed by atoms with Gasteiger partial charge in [-0.15, -0.1) is 0 Å².